The molecule has 1 unspecified atom stereocenters. The number of benzene rings is 1. The van der Waals surface area contributed by atoms with E-state index in [0.717, 1.165) is 18.4 Å². The van der Waals surface area contributed by atoms with Crippen molar-refractivity contribution < 1.29 is 25.2 Å². The monoisotopic (exact) mass is 489 g/mol. The summed E-state index contributed by atoms with van der Waals surface area (Å²) < 4.78 is 10.9. The molecular weight excluding hydrogens is 458 g/mol. The summed E-state index contributed by atoms with van der Waals surface area (Å²) in [7, 11) is 0. The number of rotatable bonds is 7. The van der Waals surface area contributed by atoms with Crippen molar-refractivity contribution in [2.75, 3.05) is 6.61 Å². The molecule has 1 saturated carbocycles. The van der Waals surface area contributed by atoms with E-state index in [1.165, 1.54) is 37.5 Å². The minimum Gasteiger partial charge on any atom is -0.394 e. The van der Waals surface area contributed by atoms with Crippen molar-refractivity contribution in [2.45, 2.75) is 80.0 Å². The molecule has 5 atom stereocenters. The van der Waals surface area contributed by atoms with Gasteiger partial charge in [-0.25, -0.2) is 9.98 Å². The molecule has 1 saturated heterocycles. The molecule has 3 heterocycles. The maximum Gasteiger partial charge on any atom is 0.187 e. The lowest BCUT2D eigenvalue weighted by Gasteiger charge is -2.30. The fourth-order valence-electron chi connectivity index (χ4n) is 4.85. The Morgan fingerprint density at radius 3 is 2.62 bits per heavy atom. The summed E-state index contributed by atoms with van der Waals surface area (Å²) in [5.41, 5.74) is -0.303. The van der Waals surface area contributed by atoms with Gasteiger partial charge in [0.05, 0.1) is 12.9 Å². The van der Waals surface area contributed by atoms with Crippen LogP contribution in [0, 0.1) is 0 Å². The van der Waals surface area contributed by atoms with Crippen molar-refractivity contribution >= 4 is 24.1 Å². The smallest absolute Gasteiger partial charge is 0.187 e. The summed E-state index contributed by atoms with van der Waals surface area (Å²) in [6, 6.07) is 9.91. The minimum absolute atomic E-state index is 0.250. The van der Waals surface area contributed by atoms with Crippen molar-refractivity contribution in [1.82, 2.24) is 19.6 Å². The second kappa shape index (κ2) is 9.94. The van der Waals surface area contributed by atoms with Crippen molar-refractivity contribution in [3.63, 3.8) is 0 Å². The molecule has 3 aliphatic rings. The van der Waals surface area contributed by atoms with Crippen molar-refractivity contribution in [2.24, 2.45) is 4.99 Å². The van der Waals surface area contributed by atoms with E-state index in [2.05, 4.69) is 15.0 Å². The molecule has 1 aliphatic carbocycles. The number of hydrogen-bond donors (Lipinski definition) is 6. The Kier molecular flexibility index (Phi) is 6.94. The number of imidazole rings is 1. The van der Waals surface area contributed by atoms with E-state index in [1.807, 2.05) is 30.3 Å². The van der Waals surface area contributed by atoms with Gasteiger partial charge in [0.25, 0.3) is 0 Å². The van der Waals surface area contributed by atoms with Crippen LogP contribution in [0.15, 0.2) is 40.5 Å². The molecule has 2 aliphatic heterocycles. The van der Waals surface area contributed by atoms with Gasteiger partial charge in [0.2, 0.25) is 0 Å². The minimum atomic E-state index is -1.53. The van der Waals surface area contributed by atoms with Crippen LogP contribution in [0.3, 0.4) is 0 Å². The zero-order valence-electron chi connectivity index (χ0n) is 18.7. The highest BCUT2D eigenvalue weighted by Crippen LogP contribution is 2.42. The van der Waals surface area contributed by atoms with Gasteiger partial charge in [0.1, 0.15) is 24.0 Å². The topological polar surface area (TPSA) is 144 Å². The van der Waals surface area contributed by atoms with Crippen LogP contribution < -0.4 is 10.0 Å². The molecule has 6 N–H and O–H groups in total. The number of nitrogens with zero attached hydrogens (tertiary/aromatic N) is 3. The third-order valence-electron chi connectivity index (χ3n) is 6.73. The van der Waals surface area contributed by atoms with Crippen LogP contribution >= 0.6 is 11.9 Å². The number of aliphatic hydroxyl groups excluding tert-OH is 3. The summed E-state index contributed by atoms with van der Waals surface area (Å²) in [5, 5.41) is 45.7. The number of aromatic nitrogens is 2. The molecule has 0 radical (unpaired) electrons. The predicted octanol–water partition coefficient (Wildman–Crippen LogP) is 1.07. The molecule has 10 nitrogen and oxygen atoms in total. The van der Waals surface area contributed by atoms with Gasteiger partial charge in [0, 0.05) is 12.5 Å². The molecule has 0 bridgehead atoms. The van der Waals surface area contributed by atoms with Crippen LogP contribution in [-0.2, 0) is 16.9 Å². The molecular formula is C23H31N5O5S. The quantitative estimate of drug-likeness (QED) is 0.315. The first-order chi connectivity index (χ1) is 16.5. The van der Waals surface area contributed by atoms with E-state index >= 15 is 0 Å². The second-order valence-corrected chi connectivity index (χ2v) is 9.95. The van der Waals surface area contributed by atoms with Gasteiger partial charge >= 0.3 is 0 Å². The van der Waals surface area contributed by atoms with Crippen LogP contribution in [0.25, 0.3) is 0 Å². The number of hydrogen-bond acceptors (Lipinski definition) is 10. The van der Waals surface area contributed by atoms with Gasteiger partial charge in [-0.3, -0.25) is 9.29 Å². The SMILES string of the molecule is OC[C@H]1O[C@@H](n2c(SNC3CCCCC3)nc3c2N=CNC3(O)Cc2ccccc2)[C@H](O)[C@@H]1O. The Hall–Kier alpha value is -1.99. The largest absolute Gasteiger partial charge is 0.394 e. The first-order valence-corrected chi connectivity index (χ1v) is 12.6. The normalized spacial score (nSPS) is 31.4. The maximum atomic E-state index is 11.6. The highest BCUT2D eigenvalue weighted by molar-refractivity contribution is 7.97. The highest BCUT2D eigenvalue weighted by atomic mass is 32.2. The van der Waals surface area contributed by atoms with Crippen molar-refractivity contribution in [3.8, 4) is 0 Å². The Labute approximate surface area is 202 Å². The number of aliphatic imine (C=N–C) groups is 1. The number of nitrogens with one attached hydrogen (secondary N) is 2. The molecule has 1 aromatic heterocycles. The zero-order chi connectivity index (χ0) is 23.7. The lowest BCUT2D eigenvalue weighted by molar-refractivity contribution is -0.0560. The van der Waals surface area contributed by atoms with E-state index in [-0.39, 0.29) is 6.42 Å². The average molecular weight is 490 g/mol. The second-order valence-electron chi connectivity index (χ2n) is 9.15. The molecule has 2 fully saturated rings. The number of ether oxygens (including phenoxy) is 1. The summed E-state index contributed by atoms with van der Waals surface area (Å²) in [5.74, 6) is 0.333. The van der Waals surface area contributed by atoms with E-state index in [9.17, 15) is 20.4 Å². The molecule has 1 aromatic carbocycles. The van der Waals surface area contributed by atoms with Gasteiger partial charge in [-0.1, -0.05) is 49.6 Å². The average Bonchev–Trinajstić information content (AvgIpc) is 3.36. The van der Waals surface area contributed by atoms with Crippen LogP contribution in [0.5, 0.6) is 0 Å². The molecule has 11 heteroatoms. The summed E-state index contributed by atoms with van der Waals surface area (Å²) in [6.07, 6.45) is 2.87. The molecule has 2 aromatic rings. The van der Waals surface area contributed by atoms with Gasteiger partial charge in [-0.2, -0.15) is 0 Å². The first kappa shape index (κ1) is 23.7. The molecule has 5 rings (SSSR count). The van der Waals surface area contributed by atoms with E-state index in [4.69, 9.17) is 9.72 Å². The van der Waals surface area contributed by atoms with E-state index in [1.54, 1.807) is 4.57 Å². The fraction of sp³-hybridized carbons (Fsp3) is 0.565. The van der Waals surface area contributed by atoms with Gasteiger partial charge in [-0.15, -0.1) is 0 Å². The van der Waals surface area contributed by atoms with Crippen LogP contribution in [0.4, 0.5) is 5.82 Å². The van der Waals surface area contributed by atoms with Gasteiger partial charge in [-0.05, 0) is 30.4 Å². The molecule has 34 heavy (non-hydrogen) atoms. The third-order valence-corrected chi connectivity index (χ3v) is 7.65. The zero-order valence-corrected chi connectivity index (χ0v) is 19.6. The van der Waals surface area contributed by atoms with E-state index in [0.29, 0.717) is 22.7 Å². The lowest BCUT2D eigenvalue weighted by atomic mass is 9.96. The van der Waals surface area contributed by atoms with Crippen molar-refractivity contribution in [3.05, 3.63) is 41.6 Å². The first-order valence-electron chi connectivity index (χ1n) is 11.7. The molecule has 184 valence electrons. The summed E-state index contributed by atoms with van der Waals surface area (Å²) >= 11 is 1.31. The Bertz CT molecular complexity index is 1010. The maximum absolute atomic E-state index is 11.6. The van der Waals surface area contributed by atoms with Crippen molar-refractivity contribution in [1.29, 1.82) is 0 Å². The van der Waals surface area contributed by atoms with E-state index < -0.39 is 36.9 Å². The van der Waals surface area contributed by atoms with Crippen LogP contribution in [-0.4, -0.2) is 67.3 Å². The summed E-state index contributed by atoms with van der Waals surface area (Å²) in [6.45, 7) is -0.433. The summed E-state index contributed by atoms with van der Waals surface area (Å²) in [4.78, 5) is 9.17. The Balaban J connectivity index is 1.51. The lowest BCUT2D eigenvalue weighted by Crippen LogP contribution is -2.45. The Morgan fingerprint density at radius 1 is 1.15 bits per heavy atom. The number of fused-ring (bicyclic) bond motifs is 1. The fourth-order valence-corrected chi connectivity index (χ4v) is 5.78. The molecule has 0 spiro atoms. The standard InChI is InChI=1S/C23H31N5O5S/c29-12-16-17(30)18(31)21(33-16)28-20-19(26-22(28)34-27-15-9-5-2-6-10-15)23(32,25-13-24-20)11-14-7-3-1-4-8-14/h1,3-4,7-8,13,15-18,21,27,29-32H,2,5-6,9-12H2,(H,24,25)/t16-,17-,18-,21-,23?/m1/s1. The predicted molar refractivity (Wildman–Crippen MR) is 126 cm³/mol. The van der Waals surface area contributed by atoms with Gasteiger partial charge < -0.3 is 30.5 Å². The Morgan fingerprint density at radius 2 is 1.91 bits per heavy atom. The van der Waals surface area contributed by atoms with Crippen LogP contribution in [0.2, 0.25) is 0 Å². The number of aliphatic hydroxyl groups is 4. The highest BCUT2D eigenvalue weighted by Gasteiger charge is 2.47. The molecule has 0 amide bonds. The van der Waals surface area contributed by atoms with Crippen LogP contribution in [0.1, 0.15) is 49.6 Å². The third kappa shape index (κ3) is 4.49. The van der Waals surface area contributed by atoms with Gasteiger partial charge in [0.15, 0.2) is 22.9 Å².